The maximum Gasteiger partial charge on any atom is 0.231 e. The number of primary amides is 1. The number of nitrogens with two attached hydrogens (primary N) is 1. The van der Waals surface area contributed by atoms with Crippen molar-refractivity contribution in [1.82, 2.24) is 4.90 Å². The SMILES string of the molecule is NC(=O)CN(CC(=O)C1CC1)C1CCCC1. The molecule has 16 heavy (non-hydrogen) atoms. The molecule has 2 rings (SSSR count). The molecule has 4 heteroatoms. The predicted molar refractivity (Wildman–Crippen MR) is 60.8 cm³/mol. The first-order chi connectivity index (χ1) is 7.66. The van der Waals surface area contributed by atoms with Gasteiger partial charge in [-0.2, -0.15) is 0 Å². The Morgan fingerprint density at radius 2 is 1.69 bits per heavy atom. The fraction of sp³-hybridized carbons (Fsp3) is 0.833. The van der Waals surface area contributed by atoms with Gasteiger partial charge in [0.2, 0.25) is 5.91 Å². The first kappa shape index (κ1) is 11.6. The Morgan fingerprint density at radius 1 is 1.06 bits per heavy atom. The maximum atomic E-state index is 11.8. The number of carbonyl (C=O) groups is 2. The molecular formula is C12H20N2O2. The van der Waals surface area contributed by atoms with Crippen molar-refractivity contribution in [2.45, 2.75) is 44.6 Å². The number of rotatable bonds is 6. The van der Waals surface area contributed by atoms with Gasteiger partial charge in [-0.1, -0.05) is 12.8 Å². The van der Waals surface area contributed by atoms with E-state index in [0.29, 0.717) is 18.4 Å². The highest BCUT2D eigenvalue weighted by Crippen LogP contribution is 2.31. The Morgan fingerprint density at radius 3 is 2.19 bits per heavy atom. The van der Waals surface area contributed by atoms with Crippen LogP contribution in [0.3, 0.4) is 0 Å². The molecular weight excluding hydrogens is 204 g/mol. The molecule has 2 fully saturated rings. The summed E-state index contributed by atoms with van der Waals surface area (Å²) < 4.78 is 0. The smallest absolute Gasteiger partial charge is 0.231 e. The van der Waals surface area contributed by atoms with Crippen molar-refractivity contribution < 1.29 is 9.59 Å². The standard InChI is InChI=1S/C12H20N2O2/c13-12(16)8-14(10-3-1-2-4-10)7-11(15)9-5-6-9/h9-10H,1-8H2,(H2,13,16). The Hall–Kier alpha value is -0.900. The molecule has 1 amide bonds. The normalized spacial score (nSPS) is 21.6. The van der Waals surface area contributed by atoms with E-state index in [9.17, 15) is 9.59 Å². The topological polar surface area (TPSA) is 63.4 Å². The molecule has 0 unspecified atom stereocenters. The number of carbonyl (C=O) groups excluding carboxylic acids is 2. The summed E-state index contributed by atoms with van der Waals surface area (Å²) in [6.45, 7) is 0.668. The van der Waals surface area contributed by atoms with E-state index in [1.807, 2.05) is 4.90 Å². The molecule has 2 aliphatic carbocycles. The van der Waals surface area contributed by atoms with Crippen LogP contribution in [-0.4, -0.2) is 35.7 Å². The van der Waals surface area contributed by atoms with Crippen LogP contribution in [0, 0.1) is 5.92 Å². The van der Waals surface area contributed by atoms with Gasteiger partial charge in [-0.15, -0.1) is 0 Å². The quantitative estimate of drug-likeness (QED) is 0.722. The third-order valence-electron chi connectivity index (χ3n) is 3.59. The van der Waals surface area contributed by atoms with E-state index >= 15 is 0 Å². The molecule has 0 aromatic carbocycles. The third-order valence-corrected chi connectivity index (χ3v) is 3.59. The molecule has 0 saturated heterocycles. The first-order valence-electron chi connectivity index (χ1n) is 6.22. The highest BCUT2D eigenvalue weighted by molar-refractivity contribution is 5.85. The second kappa shape index (κ2) is 4.95. The molecule has 2 N–H and O–H groups in total. The number of hydrogen-bond donors (Lipinski definition) is 1. The zero-order chi connectivity index (χ0) is 11.5. The molecule has 0 heterocycles. The Labute approximate surface area is 96.2 Å². The zero-order valence-electron chi connectivity index (χ0n) is 9.65. The molecule has 0 bridgehead atoms. The van der Waals surface area contributed by atoms with Crippen molar-refractivity contribution in [1.29, 1.82) is 0 Å². The van der Waals surface area contributed by atoms with Gasteiger partial charge in [-0.05, 0) is 25.7 Å². The van der Waals surface area contributed by atoms with Gasteiger partial charge < -0.3 is 5.73 Å². The predicted octanol–water partition coefficient (Wildman–Crippen LogP) is 0.695. The van der Waals surface area contributed by atoms with Gasteiger partial charge in [0.15, 0.2) is 0 Å². The molecule has 2 saturated carbocycles. The number of ketones is 1. The Balaban J connectivity index is 1.89. The van der Waals surface area contributed by atoms with Gasteiger partial charge in [0.05, 0.1) is 13.1 Å². The van der Waals surface area contributed by atoms with Crippen LogP contribution in [0.4, 0.5) is 0 Å². The lowest BCUT2D eigenvalue weighted by molar-refractivity contribution is -0.124. The van der Waals surface area contributed by atoms with Crippen LogP contribution in [-0.2, 0) is 9.59 Å². The molecule has 0 aromatic rings. The third kappa shape index (κ3) is 3.04. The summed E-state index contributed by atoms with van der Waals surface area (Å²) in [5, 5.41) is 0. The molecule has 4 nitrogen and oxygen atoms in total. The van der Waals surface area contributed by atoms with Gasteiger partial charge >= 0.3 is 0 Å². The van der Waals surface area contributed by atoms with Gasteiger partial charge in [-0.3, -0.25) is 14.5 Å². The van der Waals surface area contributed by atoms with Gasteiger partial charge in [0.25, 0.3) is 0 Å². The second-order valence-electron chi connectivity index (χ2n) is 5.05. The Kier molecular flexibility index (Phi) is 3.59. The van der Waals surface area contributed by atoms with Gasteiger partial charge in [-0.25, -0.2) is 0 Å². The van der Waals surface area contributed by atoms with Crippen LogP contribution in [0.2, 0.25) is 0 Å². The summed E-state index contributed by atoms with van der Waals surface area (Å²) in [5.41, 5.74) is 5.24. The van der Waals surface area contributed by atoms with Crippen molar-refractivity contribution in [3.05, 3.63) is 0 Å². The highest BCUT2D eigenvalue weighted by atomic mass is 16.1. The van der Waals surface area contributed by atoms with Crippen molar-refractivity contribution in [2.75, 3.05) is 13.1 Å². The van der Waals surface area contributed by atoms with Crippen LogP contribution in [0.1, 0.15) is 38.5 Å². The minimum atomic E-state index is -0.324. The molecule has 0 radical (unpaired) electrons. The summed E-state index contributed by atoms with van der Waals surface area (Å²) in [4.78, 5) is 24.8. The minimum absolute atomic E-state index is 0.239. The number of hydrogen-bond acceptors (Lipinski definition) is 3. The molecule has 90 valence electrons. The van der Waals surface area contributed by atoms with Gasteiger partial charge in [0, 0.05) is 12.0 Å². The fourth-order valence-corrected chi connectivity index (χ4v) is 2.52. The van der Waals surface area contributed by atoms with Crippen LogP contribution < -0.4 is 5.73 Å². The number of Topliss-reactive ketones (excluding diaryl/α,β-unsaturated/α-hetero) is 1. The van der Waals surface area contributed by atoms with E-state index in [2.05, 4.69) is 0 Å². The van der Waals surface area contributed by atoms with Crippen molar-refractivity contribution in [2.24, 2.45) is 11.7 Å². The van der Waals surface area contributed by atoms with E-state index in [-0.39, 0.29) is 18.4 Å². The summed E-state index contributed by atoms with van der Waals surface area (Å²) >= 11 is 0. The van der Waals surface area contributed by atoms with E-state index in [4.69, 9.17) is 5.73 Å². The molecule has 0 spiro atoms. The van der Waals surface area contributed by atoms with Crippen molar-refractivity contribution in [3.8, 4) is 0 Å². The van der Waals surface area contributed by atoms with E-state index in [1.165, 1.54) is 12.8 Å². The fourth-order valence-electron chi connectivity index (χ4n) is 2.52. The first-order valence-corrected chi connectivity index (χ1v) is 6.22. The van der Waals surface area contributed by atoms with Crippen LogP contribution in [0.5, 0.6) is 0 Å². The van der Waals surface area contributed by atoms with E-state index in [0.717, 1.165) is 25.7 Å². The summed E-state index contributed by atoms with van der Waals surface area (Å²) in [6.07, 6.45) is 6.69. The van der Waals surface area contributed by atoms with Crippen molar-refractivity contribution >= 4 is 11.7 Å². The van der Waals surface area contributed by atoms with E-state index in [1.54, 1.807) is 0 Å². The lowest BCUT2D eigenvalue weighted by Gasteiger charge is -2.26. The molecule has 0 aromatic heterocycles. The number of nitrogens with zero attached hydrogens (tertiary/aromatic N) is 1. The van der Waals surface area contributed by atoms with E-state index < -0.39 is 0 Å². The lowest BCUT2D eigenvalue weighted by atomic mass is 10.1. The Bertz CT molecular complexity index is 281. The molecule has 0 aliphatic heterocycles. The molecule has 0 atom stereocenters. The lowest BCUT2D eigenvalue weighted by Crippen LogP contribution is -2.43. The molecule has 2 aliphatic rings. The van der Waals surface area contributed by atoms with Crippen LogP contribution >= 0.6 is 0 Å². The summed E-state index contributed by atoms with van der Waals surface area (Å²) in [6, 6.07) is 0.398. The second-order valence-corrected chi connectivity index (χ2v) is 5.05. The largest absolute Gasteiger partial charge is 0.369 e. The van der Waals surface area contributed by atoms with Crippen molar-refractivity contribution in [3.63, 3.8) is 0 Å². The minimum Gasteiger partial charge on any atom is -0.369 e. The van der Waals surface area contributed by atoms with Gasteiger partial charge in [0.1, 0.15) is 5.78 Å². The monoisotopic (exact) mass is 224 g/mol. The van der Waals surface area contributed by atoms with Crippen LogP contribution in [0.25, 0.3) is 0 Å². The zero-order valence-corrected chi connectivity index (χ0v) is 9.65. The summed E-state index contributed by atoms with van der Waals surface area (Å²) in [5.74, 6) is 0.250. The number of amides is 1. The highest BCUT2D eigenvalue weighted by Gasteiger charge is 2.33. The average molecular weight is 224 g/mol. The van der Waals surface area contributed by atoms with Crippen LogP contribution in [0.15, 0.2) is 0 Å². The summed E-state index contributed by atoms with van der Waals surface area (Å²) in [7, 11) is 0. The average Bonchev–Trinajstić information content (AvgIpc) is 2.92. The maximum absolute atomic E-state index is 11.8.